The summed E-state index contributed by atoms with van der Waals surface area (Å²) >= 11 is 0. The predicted molar refractivity (Wildman–Crippen MR) is 61.4 cm³/mol. The quantitative estimate of drug-likeness (QED) is 0.826. The summed E-state index contributed by atoms with van der Waals surface area (Å²) in [5.41, 5.74) is 7.81. The molecular formula is C12H17N3O. The Morgan fingerprint density at radius 2 is 2.25 bits per heavy atom. The smallest absolute Gasteiger partial charge is 0.222 e. The van der Waals surface area contributed by atoms with Crippen LogP contribution in [0.15, 0.2) is 18.5 Å². The molecule has 1 amide bonds. The molecule has 1 aromatic heterocycles. The Morgan fingerprint density at radius 3 is 3.00 bits per heavy atom. The van der Waals surface area contributed by atoms with E-state index in [4.69, 9.17) is 5.73 Å². The van der Waals surface area contributed by atoms with E-state index >= 15 is 0 Å². The van der Waals surface area contributed by atoms with E-state index in [2.05, 4.69) is 4.98 Å². The molecule has 0 unspecified atom stereocenters. The molecule has 1 aliphatic rings. The lowest BCUT2D eigenvalue weighted by Crippen LogP contribution is -2.35. The van der Waals surface area contributed by atoms with Crippen LogP contribution in [0, 0.1) is 0 Å². The van der Waals surface area contributed by atoms with Crippen molar-refractivity contribution in [1.29, 1.82) is 0 Å². The van der Waals surface area contributed by atoms with Gasteiger partial charge in [0.05, 0.1) is 0 Å². The van der Waals surface area contributed by atoms with Gasteiger partial charge in [0.15, 0.2) is 0 Å². The largest absolute Gasteiger partial charge is 0.338 e. The van der Waals surface area contributed by atoms with Gasteiger partial charge in [-0.15, -0.1) is 0 Å². The normalized spacial score (nSPS) is 16.6. The minimum absolute atomic E-state index is 0.248. The van der Waals surface area contributed by atoms with Crippen LogP contribution in [0.2, 0.25) is 0 Å². The monoisotopic (exact) mass is 219 g/mol. The van der Waals surface area contributed by atoms with Gasteiger partial charge in [-0.05, 0) is 30.0 Å². The number of rotatable bonds is 3. The highest BCUT2D eigenvalue weighted by atomic mass is 16.2. The zero-order valence-electron chi connectivity index (χ0n) is 9.35. The molecule has 0 spiro atoms. The molecule has 2 heterocycles. The fraction of sp³-hybridized carbons (Fsp3) is 0.500. The van der Waals surface area contributed by atoms with Gasteiger partial charge in [0, 0.05) is 38.4 Å². The number of carbonyl (C=O) groups excluding carboxylic acids is 1. The number of nitrogens with zero attached hydrogens (tertiary/aromatic N) is 2. The summed E-state index contributed by atoms with van der Waals surface area (Å²) in [5.74, 6) is 0.248. The van der Waals surface area contributed by atoms with Gasteiger partial charge >= 0.3 is 0 Å². The number of amides is 1. The Bertz CT molecular complexity index is 378. The van der Waals surface area contributed by atoms with Crippen molar-refractivity contribution in [3.63, 3.8) is 0 Å². The summed E-state index contributed by atoms with van der Waals surface area (Å²) < 4.78 is 0. The number of pyridine rings is 1. The Kier molecular flexibility index (Phi) is 3.51. The molecule has 0 radical (unpaired) electrons. The van der Waals surface area contributed by atoms with Crippen molar-refractivity contribution >= 4 is 5.91 Å². The Morgan fingerprint density at radius 1 is 1.38 bits per heavy atom. The van der Waals surface area contributed by atoms with Crippen molar-refractivity contribution in [3.8, 4) is 0 Å². The minimum Gasteiger partial charge on any atom is -0.338 e. The first-order valence-electron chi connectivity index (χ1n) is 5.71. The molecule has 0 aliphatic carbocycles. The van der Waals surface area contributed by atoms with Gasteiger partial charge < -0.3 is 10.6 Å². The van der Waals surface area contributed by atoms with Crippen molar-refractivity contribution in [2.75, 3.05) is 6.54 Å². The van der Waals surface area contributed by atoms with Crippen molar-refractivity contribution in [2.24, 2.45) is 5.73 Å². The second-order valence-electron chi connectivity index (χ2n) is 4.12. The van der Waals surface area contributed by atoms with Crippen LogP contribution in [0.5, 0.6) is 0 Å². The van der Waals surface area contributed by atoms with Gasteiger partial charge in [0.25, 0.3) is 0 Å². The van der Waals surface area contributed by atoms with Crippen LogP contribution in [0.3, 0.4) is 0 Å². The first-order valence-corrected chi connectivity index (χ1v) is 5.71. The van der Waals surface area contributed by atoms with E-state index in [1.807, 2.05) is 17.2 Å². The van der Waals surface area contributed by atoms with Crippen LogP contribution in [0.1, 0.15) is 30.4 Å². The first kappa shape index (κ1) is 11.1. The number of likely N-dealkylation sites (tertiary alicyclic amines) is 1. The molecule has 2 rings (SSSR count). The van der Waals surface area contributed by atoms with Gasteiger partial charge in [-0.3, -0.25) is 9.78 Å². The molecule has 0 aromatic carbocycles. The van der Waals surface area contributed by atoms with E-state index in [1.165, 1.54) is 0 Å². The van der Waals surface area contributed by atoms with E-state index in [-0.39, 0.29) is 5.91 Å². The summed E-state index contributed by atoms with van der Waals surface area (Å²) in [4.78, 5) is 17.7. The van der Waals surface area contributed by atoms with Gasteiger partial charge in [0.1, 0.15) is 0 Å². The SMILES string of the molecule is NCc1ccncc1CN1CCCCC1=O. The molecule has 16 heavy (non-hydrogen) atoms. The predicted octanol–water partition coefficient (Wildman–Crippen LogP) is 1.05. The molecular weight excluding hydrogens is 202 g/mol. The number of hydrogen-bond donors (Lipinski definition) is 1. The Labute approximate surface area is 95.5 Å². The van der Waals surface area contributed by atoms with Crippen LogP contribution in [0.25, 0.3) is 0 Å². The highest BCUT2D eigenvalue weighted by Crippen LogP contribution is 2.15. The average molecular weight is 219 g/mol. The van der Waals surface area contributed by atoms with Crippen LogP contribution in [-0.2, 0) is 17.9 Å². The number of piperidine rings is 1. The molecule has 0 saturated carbocycles. The van der Waals surface area contributed by atoms with Crippen molar-refractivity contribution in [1.82, 2.24) is 9.88 Å². The topological polar surface area (TPSA) is 59.2 Å². The molecule has 2 N–H and O–H groups in total. The van der Waals surface area contributed by atoms with Crippen molar-refractivity contribution in [2.45, 2.75) is 32.4 Å². The number of aromatic nitrogens is 1. The fourth-order valence-electron chi connectivity index (χ4n) is 2.03. The summed E-state index contributed by atoms with van der Waals surface area (Å²) in [5, 5.41) is 0. The molecule has 1 aromatic rings. The second-order valence-corrected chi connectivity index (χ2v) is 4.12. The highest BCUT2D eigenvalue weighted by molar-refractivity contribution is 5.76. The third kappa shape index (κ3) is 2.39. The molecule has 1 saturated heterocycles. The maximum absolute atomic E-state index is 11.7. The molecule has 4 nitrogen and oxygen atoms in total. The van der Waals surface area contributed by atoms with E-state index in [1.54, 1.807) is 6.20 Å². The van der Waals surface area contributed by atoms with E-state index < -0.39 is 0 Å². The minimum atomic E-state index is 0.248. The summed E-state index contributed by atoms with van der Waals surface area (Å²) in [6.07, 6.45) is 6.35. The number of hydrogen-bond acceptors (Lipinski definition) is 3. The van der Waals surface area contributed by atoms with Gasteiger partial charge in [-0.25, -0.2) is 0 Å². The van der Waals surface area contributed by atoms with E-state index in [0.717, 1.165) is 30.5 Å². The highest BCUT2D eigenvalue weighted by Gasteiger charge is 2.18. The van der Waals surface area contributed by atoms with Crippen LogP contribution >= 0.6 is 0 Å². The number of carbonyl (C=O) groups is 1. The first-order chi connectivity index (χ1) is 7.81. The van der Waals surface area contributed by atoms with E-state index in [0.29, 0.717) is 19.5 Å². The summed E-state index contributed by atoms with van der Waals surface area (Å²) in [6, 6.07) is 1.92. The van der Waals surface area contributed by atoms with Crippen molar-refractivity contribution < 1.29 is 4.79 Å². The zero-order valence-corrected chi connectivity index (χ0v) is 9.35. The summed E-state index contributed by atoms with van der Waals surface area (Å²) in [7, 11) is 0. The van der Waals surface area contributed by atoms with Gasteiger partial charge in [0.2, 0.25) is 5.91 Å². The zero-order chi connectivity index (χ0) is 11.4. The average Bonchev–Trinajstić information content (AvgIpc) is 2.33. The lowest BCUT2D eigenvalue weighted by Gasteiger charge is -2.27. The van der Waals surface area contributed by atoms with Gasteiger partial charge in [-0.1, -0.05) is 0 Å². The second kappa shape index (κ2) is 5.07. The number of nitrogens with two attached hydrogens (primary N) is 1. The Balaban J connectivity index is 2.10. The van der Waals surface area contributed by atoms with Gasteiger partial charge in [-0.2, -0.15) is 0 Å². The molecule has 4 heteroatoms. The standard InChI is InChI=1S/C12H17N3O/c13-7-10-4-5-14-8-11(10)9-15-6-2-1-3-12(15)16/h4-5,8H,1-3,6-7,9,13H2. The fourth-order valence-corrected chi connectivity index (χ4v) is 2.03. The lowest BCUT2D eigenvalue weighted by molar-refractivity contribution is -0.133. The van der Waals surface area contributed by atoms with Crippen molar-refractivity contribution in [3.05, 3.63) is 29.6 Å². The maximum Gasteiger partial charge on any atom is 0.222 e. The van der Waals surface area contributed by atoms with Crippen LogP contribution < -0.4 is 5.73 Å². The molecule has 0 atom stereocenters. The maximum atomic E-state index is 11.7. The van der Waals surface area contributed by atoms with Crippen LogP contribution in [0.4, 0.5) is 0 Å². The third-order valence-corrected chi connectivity index (χ3v) is 3.01. The molecule has 0 bridgehead atoms. The van der Waals surface area contributed by atoms with Crippen LogP contribution in [-0.4, -0.2) is 22.3 Å². The molecule has 86 valence electrons. The molecule has 1 fully saturated rings. The third-order valence-electron chi connectivity index (χ3n) is 3.01. The lowest BCUT2D eigenvalue weighted by atomic mass is 10.1. The molecule has 1 aliphatic heterocycles. The van der Waals surface area contributed by atoms with E-state index in [9.17, 15) is 4.79 Å². The summed E-state index contributed by atoms with van der Waals surface area (Å²) in [6.45, 7) is 2.01. The Hall–Kier alpha value is -1.42.